The van der Waals surface area contributed by atoms with Gasteiger partial charge in [0.2, 0.25) is 0 Å². The van der Waals surface area contributed by atoms with E-state index < -0.39 is 13.9 Å². The first-order chi connectivity index (χ1) is 10.3. The molecule has 0 saturated carbocycles. The minimum atomic E-state index is -1.85. The van der Waals surface area contributed by atoms with E-state index in [1.807, 2.05) is 20.8 Å². The summed E-state index contributed by atoms with van der Waals surface area (Å²) >= 11 is 0. The summed E-state index contributed by atoms with van der Waals surface area (Å²) in [5.41, 5.74) is -0.524. The van der Waals surface area contributed by atoms with Crippen LogP contribution in [0.25, 0.3) is 0 Å². The summed E-state index contributed by atoms with van der Waals surface area (Å²) in [5, 5.41) is 0.132. The minimum absolute atomic E-state index is 0.0501. The van der Waals surface area contributed by atoms with E-state index in [1.165, 1.54) is 0 Å². The maximum atomic E-state index is 12.2. The Hall–Kier alpha value is -0.883. The van der Waals surface area contributed by atoms with Crippen molar-refractivity contribution in [1.29, 1.82) is 0 Å². The quantitative estimate of drug-likeness (QED) is 0.577. The van der Waals surface area contributed by atoms with Crippen LogP contribution in [0.1, 0.15) is 41.5 Å². The van der Waals surface area contributed by atoms with Crippen molar-refractivity contribution in [2.24, 2.45) is 11.8 Å². The van der Waals surface area contributed by atoms with Crippen LogP contribution >= 0.6 is 0 Å². The normalized spacial score (nSPS) is 23.0. The fourth-order valence-corrected chi connectivity index (χ4v) is 3.30. The molecule has 0 bridgehead atoms. The Balaban J connectivity index is 2.67. The third-order valence-corrected chi connectivity index (χ3v) is 9.28. The highest BCUT2D eigenvalue weighted by Crippen LogP contribution is 2.37. The average Bonchev–Trinajstić information content (AvgIpc) is 2.76. The monoisotopic (exact) mass is 343 g/mol. The number of ether oxygens (including phenoxy) is 1. The lowest BCUT2D eigenvalue weighted by molar-refractivity contribution is -0.111. The van der Waals surface area contributed by atoms with E-state index in [2.05, 4.69) is 33.9 Å². The molecule has 1 rings (SSSR count). The zero-order valence-electron chi connectivity index (χ0n) is 15.9. The van der Waals surface area contributed by atoms with E-state index in [1.54, 1.807) is 4.90 Å². The molecule has 0 aliphatic carbocycles. The van der Waals surface area contributed by atoms with E-state index in [0.717, 1.165) is 6.29 Å². The standard InChI is InChI=1S/C17H33NO4Si/c1-16(2,3)22-15(20)18-9-13(11-19)14(10-18)12-21-23(7,8)17(4,5)6/h11,13-14H,9-10,12H2,1-8H3/t13-,14+/m1/s1. The van der Waals surface area contributed by atoms with Gasteiger partial charge in [-0.2, -0.15) is 0 Å². The Labute approximate surface area is 141 Å². The third-order valence-electron chi connectivity index (χ3n) is 4.78. The second-order valence-electron chi connectivity index (χ2n) is 9.02. The number of nitrogens with zero attached hydrogens (tertiary/aromatic N) is 1. The molecule has 23 heavy (non-hydrogen) atoms. The molecule has 0 aromatic heterocycles. The fraction of sp³-hybridized carbons (Fsp3) is 0.882. The molecule has 5 nitrogen and oxygen atoms in total. The van der Waals surface area contributed by atoms with E-state index in [9.17, 15) is 9.59 Å². The molecule has 134 valence electrons. The molecule has 1 aliphatic heterocycles. The zero-order valence-corrected chi connectivity index (χ0v) is 16.9. The van der Waals surface area contributed by atoms with Crippen LogP contribution in [-0.2, 0) is 14.0 Å². The second kappa shape index (κ2) is 6.93. The second-order valence-corrected chi connectivity index (χ2v) is 13.8. The highest BCUT2D eigenvalue weighted by molar-refractivity contribution is 6.74. The van der Waals surface area contributed by atoms with Gasteiger partial charge in [-0.25, -0.2) is 4.79 Å². The van der Waals surface area contributed by atoms with Crippen LogP contribution in [0, 0.1) is 11.8 Å². The molecule has 0 aromatic rings. The summed E-state index contributed by atoms with van der Waals surface area (Å²) in [6.45, 7) is 18.0. The molecule has 0 N–H and O–H groups in total. The Bertz CT molecular complexity index is 437. The molecule has 1 aliphatic rings. The number of hydrogen-bond acceptors (Lipinski definition) is 4. The average molecular weight is 344 g/mol. The Morgan fingerprint density at radius 2 is 1.74 bits per heavy atom. The number of hydrogen-bond donors (Lipinski definition) is 0. The predicted octanol–water partition coefficient (Wildman–Crippen LogP) is 3.69. The molecule has 1 amide bonds. The van der Waals surface area contributed by atoms with Gasteiger partial charge in [0.25, 0.3) is 0 Å². The van der Waals surface area contributed by atoms with Gasteiger partial charge in [-0.05, 0) is 38.9 Å². The third kappa shape index (κ3) is 5.60. The molecule has 0 unspecified atom stereocenters. The topological polar surface area (TPSA) is 55.8 Å². The Morgan fingerprint density at radius 1 is 1.17 bits per heavy atom. The molecule has 1 heterocycles. The Kier molecular flexibility index (Phi) is 6.07. The van der Waals surface area contributed by atoms with Crippen LogP contribution in [0.5, 0.6) is 0 Å². The van der Waals surface area contributed by atoms with Crippen molar-refractivity contribution >= 4 is 20.7 Å². The summed E-state index contributed by atoms with van der Waals surface area (Å²) in [4.78, 5) is 25.2. The zero-order chi connectivity index (χ0) is 18.1. The highest BCUT2D eigenvalue weighted by Gasteiger charge is 2.41. The van der Waals surface area contributed by atoms with Gasteiger partial charge in [-0.15, -0.1) is 0 Å². The minimum Gasteiger partial charge on any atom is -0.444 e. The van der Waals surface area contributed by atoms with Gasteiger partial charge in [-0.1, -0.05) is 20.8 Å². The van der Waals surface area contributed by atoms with Crippen molar-refractivity contribution in [3.05, 3.63) is 0 Å². The van der Waals surface area contributed by atoms with Gasteiger partial charge in [0, 0.05) is 31.5 Å². The first-order valence-corrected chi connectivity index (χ1v) is 11.2. The number of amides is 1. The molecule has 1 saturated heterocycles. The van der Waals surface area contributed by atoms with Crippen molar-refractivity contribution in [3.8, 4) is 0 Å². The summed E-state index contributed by atoms with van der Waals surface area (Å²) in [5.74, 6) is -0.124. The van der Waals surface area contributed by atoms with Crippen molar-refractivity contribution in [2.75, 3.05) is 19.7 Å². The van der Waals surface area contributed by atoms with Crippen LogP contribution < -0.4 is 0 Å². The molecule has 6 heteroatoms. The number of carbonyl (C=O) groups is 2. The number of aldehydes is 1. The molecule has 0 radical (unpaired) electrons. The van der Waals surface area contributed by atoms with Gasteiger partial charge in [0.15, 0.2) is 8.32 Å². The predicted molar refractivity (Wildman–Crippen MR) is 94.0 cm³/mol. The fourth-order valence-electron chi connectivity index (χ4n) is 2.23. The highest BCUT2D eigenvalue weighted by atomic mass is 28.4. The molecule has 2 atom stereocenters. The maximum absolute atomic E-state index is 12.2. The van der Waals surface area contributed by atoms with Gasteiger partial charge < -0.3 is 18.9 Å². The molecule has 0 spiro atoms. The van der Waals surface area contributed by atoms with Gasteiger partial charge in [0.1, 0.15) is 11.9 Å². The van der Waals surface area contributed by atoms with Gasteiger partial charge >= 0.3 is 6.09 Å². The summed E-state index contributed by atoms with van der Waals surface area (Å²) in [6.07, 6.45) is 0.600. The van der Waals surface area contributed by atoms with E-state index in [-0.39, 0.29) is 23.0 Å². The molecule has 0 aromatic carbocycles. The van der Waals surface area contributed by atoms with Crippen molar-refractivity contribution in [3.63, 3.8) is 0 Å². The van der Waals surface area contributed by atoms with Crippen molar-refractivity contribution < 1.29 is 18.8 Å². The summed E-state index contributed by atoms with van der Waals surface area (Å²) in [7, 11) is -1.85. The van der Waals surface area contributed by atoms with Crippen LogP contribution in [0.4, 0.5) is 4.79 Å². The first kappa shape index (κ1) is 20.2. The maximum Gasteiger partial charge on any atom is 0.410 e. The number of likely N-dealkylation sites (tertiary alicyclic amines) is 1. The van der Waals surface area contributed by atoms with Crippen LogP contribution in [0.2, 0.25) is 18.1 Å². The summed E-state index contributed by atoms with van der Waals surface area (Å²) in [6, 6.07) is 0. The summed E-state index contributed by atoms with van der Waals surface area (Å²) < 4.78 is 11.6. The molecular weight excluding hydrogens is 310 g/mol. The van der Waals surface area contributed by atoms with Crippen LogP contribution in [0.3, 0.4) is 0 Å². The largest absolute Gasteiger partial charge is 0.444 e. The molecular formula is C17H33NO4Si. The lowest BCUT2D eigenvalue weighted by atomic mass is 9.99. The van der Waals surface area contributed by atoms with E-state index in [0.29, 0.717) is 19.7 Å². The van der Waals surface area contributed by atoms with E-state index in [4.69, 9.17) is 9.16 Å². The number of rotatable bonds is 4. The SMILES string of the molecule is CC(C)(C)OC(=O)N1C[C@@H](CO[Si](C)(C)C(C)(C)C)[C@@H](C=O)C1. The number of carbonyl (C=O) groups excluding carboxylic acids is 2. The first-order valence-electron chi connectivity index (χ1n) is 8.34. The smallest absolute Gasteiger partial charge is 0.410 e. The lowest BCUT2D eigenvalue weighted by Gasteiger charge is -2.37. The van der Waals surface area contributed by atoms with Crippen LogP contribution in [-0.4, -0.2) is 50.9 Å². The van der Waals surface area contributed by atoms with Gasteiger partial charge in [-0.3, -0.25) is 0 Å². The van der Waals surface area contributed by atoms with Crippen LogP contribution in [0.15, 0.2) is 0 Å². The Morgan fingerprint density at radius 3 is 2.17 bits per heavy atom. The van der Waals surface area contributed by atoms with Crippen molar-refractivity contribution in [1.82, 2.24) is 4.90 Å². The van der Waals surface area contributed by atoms with Crippen molar-refractivity contribution in [2.45, 2.75) is 65.3 Å². The van der Waals surface area contributed by atoms with E-state index >= 15 is 0 Å². The molecule has 1 fully saturated rings. The lowest BCUT2D eigenvalue weighted by Crippen LogP contribution is -2.42. The van der Waals surface area contributed by atoms with Gasteiger partial charge in [0.05, 0.1) is 0 Å².